The molecule has 1 aromatic rings. The average Bonchev–Trinajstić information content (AvgIpc) is 2.29. The van der Waals surface area contributed by atoms with Crippen LogP contribution in [-0.4, -0.2) is 19.8 Å². The summed E-state index contributed by atoms with van der Waals surface area (Å²) in [6, 6.07) is 2.77. The summed E-state index contributed by atoms with van der Waals surface area (Å²) in [5.74, 6) is -1.22. The highest BCUT2D eigenvalue weighted by Gasteiger charge is 2.35. The molecule has 0 amide bonds. The molecule has 0 bridgehead atoms. The Hall–Kier alpha value is -1.14. The van der Waals surface area contributed by atoms with E-state index in [4.69, 9.17) is 4.74 Å². The van der Waals surface area contributed by atoms with Crippen molar-refractivity contribution in [1.82, 2.24) is 5.32 Å². The molecule has 0 radical (unpaired) electrons. The van der Waals surface area contributed by atoms with Crippen molar-refractivity contribution in [2.24, 2.45) is 0 Å². The van der Waals surface area contributed by atoms with Crippen molar-refractivity contribution in [2.75, 3.05) is 19.8 Å². The van der Waals surface area contributed by atoms with E-state index >= 15 is 0 Å². The van der Waals surface area contributed by atoms with E-state index in [-0.39, 0.29) is 12.2 Å². The number of hydrogen-bond donors (Lipinski definition) is 1. The van der Waals surface area contributed by atoms with Crippen LogP contribution in [-0.2, 0) is 10.9 Å². The molecule has 2 nitrogen and oxygen atoms in total. The molecule has 0 aliphatic carbocycles. The van der Waals surface area contributed by atoms with Crippen LogP contribution in [0.4, 0.5) is 17.6 Å². The normalized spacial score (nSPS) is 21.5. The molecule has 0 aromatic heterocycles. The SMILES string of the molecule is Fc1c([C@H]2COCCN2)cccc1C(F)(F)F. The number of ether oxygens (including phenoxy) is 1. The standard InChI is InChI=1S/C11H11F4NO/c12-10-7(9-6-17-5-4-16-9)2-1-3-8(10)11(13,14)15/h1-3,9,16H,4-6H2/t9-/m1/s1. The lowest BCUT2D eigenvalue weighted by Gasteiger charge is -2.25. The van der Waals surface area contributed by atoms with E-state index in [9.17, 15) is 17.6 Å². The van der Waals surface area contributed by atoms with Crippen LogP contribution in [0.2, 0.25) is 0 Å². The summed E-state index contributed by atoms with van der Waals surface area (Å²) in [6.07, 6.45) is -4.67. The van der Waals surface area contributed by atoms with Gasteiger partial charge in [-0.2, -0.15) is 13.2 Å². The number of rotatable bonds is 1. The van der Waals surface area contributed by atoms with Gasteiger partial charge in [0.15, 0.2) is 0 Å². The molecular formula is C11H11F4NO. The van der Waals surface area contributed by atoms with Gasteiger partial charge < -0.3 is 10.1 Å². The molecule has 2 rings (SSSR count). The Kier molecular flexibility index (Phi) is 3.35. The van der Waals surface area contributed by atoms with Crippen molar-refractivity contribution in [1.29, 1.82) is 0 Å². The fraction of sp³-hybridized carbons (Fsp3) is 0.455. The first-order chi connectivity index (χ1) is 8.00. The van der Waals surface area contributed by atoms with E-state index in [0.29, 0.717) is 13.2 Å². The maximum Gasteiger partial charge on any atom is 0.419 e. The van der Waals surface area contributed by atoms with Crippen molar-refractivity contribution >= 4 is 0 Å². The van der Waals surface area contributed by atoms with Crippen molar-refractivity contribution in [3.05, 3.63) is 35.1 Å². The fourth-order valence-corrected chi connectivity index (χ4v) is 1.80. The van der Waals surface area contributed by atoms with Gasteiger partial charge in [0.2, 0.25) is 0 Å². The maximum absolute atomic E-state index is 13.7. The van der Waals surface area contributed by atoms with Crippen LogP contribution < -0.4 is 5.32 Å². The number of nitrogens with one attached hydrogen (secondary N) is 1. The van der Waals surface area contributed by atoms with Crippen molar-refractivity contribution < 1.29 is 22.3 Å². The molecular weight excluding hydrogens is 238 g/mol. The lowest BCUT2D eigenvalue weighted by atomic mass is 10.0. The van der Waals surface area contributed by atoms with Crippen molar-refractivity contribution in [3.63, 3.8) is 0 Å². The molecule has 94 valence electrons. The topological polar surface area (TPSA) is 21.3 Å². The molecule has 1 aromatic carbocycles. The van der Waals surface area contributed by atoms with Crippen LogP contribution in [0, 0.1) is 5.82 Å². The lowest BCUT2D eigenvalue weighted by Crippen LogP contribution is -2.35. The van der Waals surface area contributed by atoms with E-state index in [1.165, 1.54) is 12.1 Å². The van der Waals surface area contributed by atoms with Crippen LogP contribution in [0.25, 0.3) is 0 Å². The highest BCUT2D eigenvalue weighted by Crippen LogP contribution is 2.34. The summed E-state index contributed by atoms with van der Waals surface area (Å²) in [4.78, 5) is 0. The molecule has 1 saturated heterocycles. The molecule has 1 atom stereocenters. The minimum absolute atomic E-state index is 0.000440. The van der Waals surface area contributed by atoms with Gasteiger partial charge in [-0.05, 0) is 6.07 Å². The summed E-state index contributed by atoms with van der Waals surface area (Å²) in [5, 5.41) is 2.92. The summed E-state index contributed by atoms with van der Waals surface area (Å²) >= 11 is 0. The third-order valence-corrected chi connectivity index (χ3v) is 2.63. The van der Waals surface area contributed by atoms with Crippen LogP contribution >= 0.6 is 0 Å². The monoisotopic (exact) mass is 249 g/mol. The molecule has 1 N–H and O–H groups in total. The number of hydrogen-bond acceptors (Lipinski definition) is 2. The Labute approximate surface area is 95.6 Å². The molecule has 17 heavy (non-hydrogen) atoms. The number of halogens is 4. The number of benzene rings is 1. The van der Waals surface area contributed by atoms with E-state index in [1.807, 2.05) is 0 Å². The first-order valence-electron chi connectivity index (χ1n) is 5.17. The number of morpholine rings is 1. The number of alkyl halides is 3. The van der Waals surface area contributed by atoms with Gasteiger partial charge in [0.1, 0.15) is 5.82 Å². The van der Waals surface area contributed by atoms with Gasteiger partial charge in [0.25, 0.3) is 0 Å². The largest absolute Gasteiger partial charge is 0.419 e. The second-order valence-electron chi connectivity index (χ2n) is 3.79. The highest BCUT2D eigenvalue weighted by atomic mass is 19.4. The van der Waals surface area contributed by atoms with Crippen molar-refractivity contribution in [2.45, 2.75) is 12.2 Å². The summed E-state index contributed by atoms with van der Waals surface area (Å²) in [6.45, 7) is 1.16. The minimum Gasteiger partial charge on any atom is -0.378 e. The zero-order valence-corrected chi connectivity index (χ0v) is 8.85. The summed E-state index contributed by atoms with van der Waals surface area (Å²) in [7, 11) is 0. The van der Waals surface area contributed by atoms with E-state index in [2.05, 4.69) is 5.32 Å². The first kappa shape index (κ1) is 12.3. The molecule has 0 saturated carbocycles. The predicted octanol–water partition coefficient (Wildman–Crippen LogP) is 2.51. The Morgan fingerprint density at radius 3 is 2.65 bits per heavy atom. The van der Waals surface area contributed by atoms with Gasteiger partial charge in [0.05, 0.1) is 24.8 Å². The van der Waals surface area contributed by atoms with Crippen molar-refractivity contribution in [3.8, 4) is 0 Å². The Balaban J connectivity index is 2.35. The Bertz CT molecular complexity index is 399. The molecule has 1 heterocycles. The second-order valence-corrected chi connectivity index (χ2v) is 3.79. The van der Waals surface area contributed by atoms with Gasteiger partial charge in [-0.1, -0.05) is 12.1 Å². The third kappa shape index (κ3) is 2.58. The highest BCUT2D eigenvalue weighted by molar-refractivity contribution is 5.30. The second kappa shape index (κ2) is 4.62. The summed E-state index contributed by atoms with van der Waals surface area (Å²) < 4.78 is 56.4. The van der Waals surface area contributed by atoms with Gasteiger partial charge in [0, 0.05) is 12.1 Å². The summed E-state index contributed by atoms with van der Waals surface area (Å²) in [5.41, 5.74) is -1.23. The molecule has 0 unspecified atom stereocenters. The van der Waals surface area contributed by atoms with Crippen LogP contribution in [0.1, 0.15) is 17.2 Å². The Morgan fingerprint density at radius 2 is 2.06 bits per heavy atom. The first-order valence-corrected chi connectivity index (χ1v) is 5.17. The average molecular weight is 249 g/mol. The Morgan fingerprint density at radius 1 is 1.29 bits per heavy atom. The van der Waals surface area contributed by atoms with Crippen LogP contribution in [0.5, 0.6) is 0 Å². The lowest BCUT2D eigenvalue weighted by molar-refractivity contribution is -0.140. The molecule has 1 aliphatic rings. The smallest absolute Gasteiger partial charge is 0.378 e. The van der Waals surface area contributed by atoms with Crippen LogP contribution in [0.15, 0.2) is 18.2 Å². The van der Waals surface area contributed by atoms with Crippen LogP contribution in [0.3, 0.4) is 0 Å². The molecule has 0 spiro atoms. The quantitative estimate of drug-likeness (QED) is 0.772. The van der Waals surface area contributed by atoms with Gasteiger partial charge in [-0.15, -0.1) is 0 Å². The maximum atomic E-state index is 13.7. The zero-order chi connectivity index (χ0) is 12.5. The molecule has 1 fully saturated rings. The third-order valence-electron chi connectivity index (χ3n) is 2.63. The predicted molar refractivity (Wildman–Crippen MR) is 53.0 cm³/mol. The van der Waals surface area contributed by atoms with E-state index < -0.39 is 23.6 Å². The van der Waals surface area contributed by atoms with Gasteiger partial charge >= 0.3 is 6.18 Å². The van der Waals surface area contributed by atoms with Gasteiger partial charge in [-0.25, -0.2) is 4.39 Å². The minimum atomic E-state index is -4.67. The fourth-order valence-electron chi connectivity index (χ4n) is 1.80. The zero-order valence-electron chi connectivity index (χ0n) is 8.85. The molecule has 1 aliphatic heterocycles. The van der Waals surface area contributed by atoms with E-state index in [0.717, 1.165) is 6.07 Å². The van der Waals surface area contributed by atoms with Gasteiger partial charge in [-0.3, -0.25) is 0 Å². The molecule has 6 heteroatoms. The van der Waals surface area contributed by atoms with E-state index in [1.54, 1.807) is 0 Å².